The molecular weight excluding hydrogens is 190 g/mol. The maximum atomic E-state index is 5.76. The van der Waals surface area contributed by atoms with Crippen molar-refractivity contribution in [1.29, 1.82) is 0 Å². The summed E-state index contributed by atoms with van der Waals surface area (Å²) in [6, 6.07) is 5.64. The molecule has 15 heavy (non-hydrogen) atoms. The van der Waals surface area contributed by atoms with Gasteiger partial charge >= 0.3 is 0 Å². The molecule has 1 aromatic heterocycles. The molecule has 0 unspecified atom stereocenters. The Bertz CT molecular complexity index is 486. The summed E-state index contributed by atoms with van der Waals surface area (Å²) in [5, 5.41) is 5.14. The van der Waals surface area contributed by atoms with Gasteiger partial charge in [-0.2, -0.15) is 0 Å². The highest BCUT2D eigenvalue weighted by Gasteiger charge is 2.18. The Kier molecular flexibility index (Phi) is 1.80. The molecule has 0 atom stereocenters. The fourth-order valence-corrected chi connectivity index (χ4v) is 2.10. The van der Waals surface area contributed by atoms with Crippen molar-refractivity contribution in [3.8, 4) is 0 Å². The molecule has 4 heteroatoms. The molecule has 2 aromatic rings. The number of benzene rings is 1. The highest BCUT2D eigenvalue weighted by atomic mass is 16.5. The van der Waals surface area contributed by atoms with Gasteiger partial charge in [-0.25, -0.2) is 0 Å². The molecule has 78 valence electrons. The number of hydrogen-bond acceptors (Lipinski definition) is 4. The van der Waals surface area contributed by atoms with E-state index in [9.17, 15) is 0 Å². The normalized spacial score (nSPS) is 16.4. The number of hydrogen-bond donors (Lipinski definition) is 1. The van der Waals surface area contributed by atoms with Crippen molar-refractivity contribution >= 4 is 22.5 Å². The number of nitrogens with two attached hydrogens (primary N) is 1. The average Bonchev–Trinajstić information content (AvgIpc) is 2.83. The topological polar surface area (TPSA) is 55.3 Å². The summed E-state index contributed by atoms with van der Waals surface area (Å²) >= 11 is 0. The van der Waals surface area contributed by atoms with Crippen LogP contribution in [0.4, 0.5) is 11.5 Å². The predicted molar refractivity (Wildman–Crippen MR) is 59.9 cm³/mol. The molecule has 1 saturated heterocycles. The van der Waals surface area contributed by atoms with Gasteiger partial charge < -0.3 is 15.2 Å². The molecule has 1 aliphatic heterocycles. The third-order valence-electron chi connectivity index (χ3n) is 2.88. The van der Waals surface area contributed by atoms with Gasteiger partial charge in [0.1, 0.15) is 0 Å². The molecule has 1 aromatic carbocycles. The van der Waals surface area contributed by atoms with Crippen molar-refractivity contribution in [2.45, 2.75) is 12.8 Å². The van der Waals surface area contributed by atoms with Gasteiger partial charge in [0, 0.05) is 18.8 Å². The molecule has 0 spiro atoms. The van der Waals surface area contributed by atoms with E-state index in [2.05, 4.69) is 10.1 Å². The number of aromatic nitrogens is 1. The third kappa shape index (κ3) is 1.33. The second-order valence-electron chi connectivity index (χ2n) is 3.96. The van der Waals surface area contributed by atoms with Gasteiger partial charge in [-0.05, 0) is 31.0 Å². The Morgan fingerprint density at radius 2 is 2.07 bits per heavy atom. The molecule has 0 amide bonds. The van der Waals surface area contributed by atoms with E-state index in [1.54, 1.807) is 0 Å². The van der Waals surface area contributed by atoms with Crippen LogP contribution in [0, 0.1) is 0 Å². The van der Waals surface area contributed by atoms with Crippen LogP contribution in [0.2, 0.25) is 0 Å². The van der Waals surface area contributed by atoms with Crippen LogP contribution in [0.25, 0.3) is 11.0 Å². The Balaban J connectivity index is 2.13. The van der Waals surface area contributed by atoms with Crippen LogP contribution in [0.5, 0.6) is 0 Å². The van der Waals surface area contributed by atoms with Gasteiger partial charge in [-0.15, -0.1) is 0 Å². The molecule has 0 radical (unpaired) electrons. The highest BCUT2D eigenvalue weighted by molar-refractivity contribution is 5.90. The van der Waals surface area contributed by atoms with Gasteiger partial charge in [-0.1, -0.05) is 5.16 Å². The lowest BCUT2D eigenvalue weighted by Crippen LogP contribution is -2.17. The SMILES string of the molecule is Nc1ccc2onc(N3CCCC3)c2c1. The van der Waals surface area contributed by atoms with Crippen LogP contribution in [-0.2, 0) is 0 Å². The summed E-state index contributed by atoms with van der Waals surface area (Å²) in [7, 11) is 0. The number of nitrogen functional groups attached to an aromatic ring is 1. The largest absolute Gasteiger partial charge is 0.399 e. The molecule has 1 fully saturated rings. The molecule has 0 aliphatic carbocycles. The van der Waals surface area contributed by atoms with Crippen molar-refractivity contribution in [2.75, 3.05) is 23.7 Å². The first-order valence-electron chi connectivity index (χ1n) is 5.24. The number of anilines is 2. The van der Waals surface area contributed by atoms with Crippen LogP contribution >= 0.6 is 0 Å². The summed E-state index contributed by atoms with van der Waals surface area (Å²) < 4.78 is 5.27. The zero-order valence-corrected chi connectivity index (χ0v) is 8.44. The lowest BCUT2D eigenvalue weighted by molar-refractivity contribution is 0.456. The summed E-state index contributed by atoms with van der Waals surface area (Å²) in [5.74, 6) is 0.940. The lowest BCUT2D eigenvalue weighted by atomic mass is 10.2. The first kappa shape index (κ1) is 8.59. The number of rotatable bonds is 1. The number of fused-ring (bicyclic) bond motifs is 1. The maximum absolute atomic E-state index is 5.76. The Hall–Kier alpha value is -1.71. The fraction of sp³-hybridized carbons (Fsp3) is 0.364. The minimum Gasteiger partial charge on any atom is -0.399 e. The molecule has 2 heterocycles. The van der Waals surface area contributed by atoms with Gasteiger partial charge in [0.2, 0.25) is 0 Å². The van der Waals surface area contributed by atoms with Crippen molar-refractivity contribution in [3.63, 3.8) is 0 Å². The quantitative estimate of drug-likeness (QED) is 0.720. The molecule has 0 saturated carbocycles. The zero-order chi connectivity index (χ0) is 10.3. The summed E-state index contributed by atoms with van der Waals surface area (Å²) in [4.78, 5) is 2.26. The van der Waals surface area contributed by atoms with Gasteiger partial charge in [0.15, 0.2) is 11.4 Å². The molecule has 4 nitrogen and oxygen atoms in total. The predicted octanol–water partition coefficient (Wildman–Crippen LogP) is 2.01. The van der Waals surface area contributed by atoms with Crippen molar-refractivity contribution in [1.82, 2.24) is 5.16 Å². The Labute approximate surface area is 87.6 Å². The van der Waals surface area contributed by atoms with Crippen LogP contribution in [0.3, 0.4) is 0 Å². The van der Waals surface area contributed by atoms with Gasteiger partial charge in [-0.3, -0.25) is 0 Å². The van der Waals surface area contributed by atoms with Gasteiger partial charge in [0.25, 0.3) is 0 Å². The van der Waals surface area contributed by atoms with Gasteiger partial charge in [0.05, 0.1) is 5.39 Å². The lowest BCUT2D eigenvalue weighted by Gasteiger charge is -2.12. The van der Waals surface area contributed by atoms with Crippen LogP contribution in [0.15, 0.2) is 22.7 Å². The average molecular weight is 203 g/mol. The van der Waals surface area contributed by atoms with Crippen molar-refractivity contribution in [2.24, 2.45) is 0 Å². The Morgan fingerprint density at radius 1 is 1.27 bits per heavy atom. The molecule has 2 N–H and O–H groups in total. The van der Waals surface area contributed by atoms with E-state index in [1.165, 1.54) is 12.8 Å². The molecule has 0 bridgehead atoms. The Morgan fingerprint density at radius 3 is 2.87 bits per heavy atom. The maximum Gasteiger partial charge on any atom is 0.180 e. The van der Waals surface area contributed by atoms with E-state index in [-0.39, 0.29) is 0 Å². The first-order chi connectivity index (χ1) is 7.34. The second kappa shape index (κ2) is 3.15. The third-order valence-corrected chi connectivity index (χ3v) is 2.88. The molecular formula is C11H13N3O. The van der Waals surface area contributed by atoms with Crippen molar-refractivity contribution in [3.05, 3.63) is 18.2 Å². The van der Waals surface area contributed by atoms with E-state index in [1.807, 2.05) is 18.2 Å². The molecule has 1 aliphatic rings. The van der Waals surface area contributed by atoms with Crippen LogP contribution in [-0.4, -0.2) is 18.2 Å². The number of nitrogens with zero attached hydrogens (tertiary/aromatic N) is 2. The van der Waals surface area contributed by atoms with E-state index >= 15 is 0 Å². The van der Waals surface area contributed by atoms with E-state index < -0.39 is 0 Å². The smallest absolute Gasteiger partial charge is 0.180 e. The minimum atomic E-state index is 0.756. The van der Waals surface area contributed by atoms with E-state index in [0.717, 1.165) is 35.6 Å². The first-order valence-corrected chi connectivity index (χ1v) is 5.24. The van der Waals surface area contributed by atoms with E-state index in [4.69, 9.17) is 10.3 Å². The molecule has 3 rings (SSSR count). The summed E-state index contributed by atoms with van der Waals surface area (Å²) in [5.41, 5.74) is 7.33. The van der Waals surface area contributed by atoms with Crippen LogP contribution < -0.4 is 10.6 Å². The monoisotopic (exact) mass is 203 g/mol. The summed E-state index contributed by atoms with van der Waals surface area (Å²) in [6.45, 7) is 2.13. The minimum absolute atomic E-state index is 0.756. The summed E-state index contributed by atoms with van der Waals surface area (Å²) in [6.07, 6.45) is 2.47. The fourth-order valence-electron chi connectivity index (χ4n) is 2.10. The second-order valence-corrected chi connectivity index (χ2v) is 3.96. The highest BCUT2D eigenvalue weighted by Crippen LogP contribution is 2.29. The van der Waals surface area contributed by atoms with Crippen molar-refractivity contribution < 1.29 is 4.52 Å². The van der Waals surface area contributed by atoms with Crippen LogP contribution in [0.1, 0.15) is 12.8 Å². The van der Waals surface area contributed by atoms with E-state index in [0.29, 0.717) is 0 Å². The standard InChI is InChI=1S/C11H13N3O/c12-8-3-4-10-9(7-8)11(13-15-10)14-5-1-2-6-14/h3-4,7H,1-2,5-6,12H2. The zero-order valence-electron chi connectivity index (χ0n) is 8.44.